The van der Waals surface area contributed by atoms with Gasteiger partial charge >= 0.3 is 0 Å². The number of nitrogens with zero attached hydrogens (tertiary/aromatic N) is 2. The number of nitrogens with one attached hydrogen (secondary N) is 2. The van der Waals surface area contributed by atoms with Crippen LogP contribution in [0.1, 0.15) is 21.7 Å². The maximum absolute atomic E-state index is 11.8. The van der Waals surface area contributed by atoms with Crippen molar-refractivity contribution >= 4 is 17.5 Å². The number of H-pyrrole nitrogens is 1. The quantitative estimate of drug-likeness (QED) is 0.590. The summed E-state index contributed by atoms with van der Waals surface area (Å²) in [4.78, 5) is 15.5. The summed E-state index contributed by atoms with van der Waals surface area (Å²) < 4.78 is 0. The third kappa shape index (κ3) is 2.24. The summed E-state index contributed by atoms with van der Waals surface area (Å²) in [6.45, 7) is 3.62. The fourth-order valence-corrected chi connectivity index (χ4v) is 1.61. The molecule has 2 aromatic rings. The van der Waals surface area contributed by atoms with Gasteiger partial charge in [-0.3, -0.25) is 9.89 Å². The Kier molecular flexibility index (Phi) is 2.88. The number of phenolic OH excluding ortho intramolecular Hbond substituents is 1. The van der Waals surface area contributed by atoms with Crippen LogP contribution < -0.4 is 11.1 Å². The van der Waals surface area contributed by atoms with Gasteiger partial charge < -0.3 is 16.2 Å². The minimum Gasteiger partial charge on any atom is -0.505 e. The van der Waals surface area contributed by atoms with Crippen LogP contribution in [0.5, 0.6) is 5.75 Å². The predicted octanol–water partition coefficient (Wildman–Crippen LogP) is 0.962. The number of hydrogen-bond acceptors (Lipinski definition) is 5. The molecule has 7 nitrogen and oxygen atoms in total. The lowest BCUT2D eigenvalue weighted by Gasteiger charge is -2.09. The minimum absolute atomic E-state index is 0.00828. The lowest BCUT2D eigenvalue weighted by Crippen LogP contribution is -2.14. The average molecular weight is 247 g/mol. The number of carbonyl (C=O) groups is 1. The van der Waals surface area contributed by atoms with E-state index in [1.54, 1.807) is 13.0 Å². The van der Waals surface area contributed by atoms with Crippen LogP contribution >= 0.6 is 0 Å². The molecule has 0 spiro atoms. The van der Waals surface area contributed by atoms with Crippen LogP contribution in [0.3, 0.4) is 0 Å². The van der Waals surface area contributed by atoms with Gasteiger partial charge in [-0.1, -0.05) is 6.07 Å². The fraction of sp³-hybridized carbons (Fsp3) is 0.182. The van der Waals surface area contributed by atoms with E-state index < -0.39 is 5.91 Å². The summed E-state index contributed by atoms with van der Waals surface area (Å²) in [5, 5.41) is 18.3. The predicted molar refractivity (Wildman–Crippen MR) is 66.3 cm³/mol. The standard InChI is InChI=1S/C11H13N5O2/c1-5-3-6(2)8(17)7(4-5)13-10(18)9-14-11(12)16-15-9/h3-4,17H,1-2H3,(H,13,18)(H3,12,14,15,16). The second kappa shape index (κ2) is 4.36. The van der Waals surface area contributed by atoms with Gasteiger partial charge in [-0.2, -0.15) is 4.98 Å². The van der Waals surface area contributed by atoms with Crippen molar-refractivity contribution in [3.63, 3.8) is 0 Å². The highest BCUT2D eigenvalue weighted by Crippen LogP contribution is 2.28. The average Bonchev–Trinajstić information content (AvgIpc) is 2.72. The molecule has 0 saturated carbocycles. The molecule has 0 saturated heterocycles. The van der Waals surface area contributed by atoms with Gasteiger partial charge in [-0.05, 0) is 31.0 Å². The maximum Gasteiger partial charge on any atom is 0.293 e. The number of aromatic nitrogens is 3. The highest BCUT2D eigenvalue weighted by Gasteiger charge is 2.14. The minimum atomic E-state index is -0.514. The number of amides is 1. The van der Waals surface area contributed by atoms with E-state index in [-0.39, 0.29) is 17.5 Å². The molecule has 0 aliphatic carbocycles. The van der Waals surface area contributed by atoms with Gasteiger partial charge in [-0.25, -0.2) is 0 Å². The Bertz CT molecular complexity index is 605. The van der Waals surface area contributed by atoms with Crippen LogP contribution in [0, 0.1) is 13.8 Å². The summed E-state index contributed by atoms with van der Waals surface area (Å²) in [7, 11) is 0. The van der Waals surface area contributed by atoms with Crippen LogP contribution in [0.25, 0.3) is 0 Å². The smallest absolute Gasteiger partial charge is 0.293 e. The molecular weight excluding hydrogens is 234 g/mol. The molecule has 7 heteroatoms. The van der Waals surface area contributed by atoms with Gasteiger partial charge in [-0.15, -0.1) is 5.10 Å². The number of rotatable bonds is 2. The first-order valence-corrected chi connectivity index (χ1v) is 5.27. The Labute approximate surface area is 103 Å². The Morgan fingerprint density at radius 1 is 1.44 bits per heavy atom. The van der Waals surface area contributed by atoms with Crippen molar-refractivity contribution in [2.24, 2.45) is 0 Å². The number of benzene rings is 1. The molecule has 1 heterocycles. The molecule has 0 unspecified atom stereocenters. The molecule has 0 aliphatic rings. The SMILES string of the molecule is Cc1cc(C)c(O)c(NC(=O)c2nc(N)n[nH]2)c1. The zero-order chi connectivity index (χ0) is 13.3. The molecule has 0 aliphatic heterocycles. The first-order chi connectivity index (χ1) is 8.47. The van der Waals surface area contributed by atoms with Gasteiger partial charge in [0.05, 0.1) is 5.69 Å². The van der Waals surface area contributed by atoms with Crippen molar-refractivity contribution in [1.82, 2.24) is 15.2 Å². The topological polar surface area (TPSA) is 117 Å². The molecule has 1 aromatic carbocycles. The molecule has 0 bridgehead atoms. The third-order valence-corrected chi connectivity index (χ3v) is 2.41. The molecule has 0 fully saturated rings. The molecule has 1 amide bonds. The monoisotopic (exact) mass is 247 g/mol. The second-order valence-electron chi connectivity index (χ2n) is 3.97. The summed E-state index contributed by atoms with van der Waals surface area (Å²) in [5.74, 6) is -0.503. The van der Waals surface area contributed by atoms with Crippen LogP contribution in [-0.2, 0) is 0 Å². The zero-order valence-corrected chi connectivity index (χ0v) is 9.98. The van der Waals surface area contributed by atoms with Crippen molar-refractivity contribution in [1.29, 1.82) is 0 Å². The second-order valence-corrected chi connectivity index (χ2v) is 3.97. The zero-order valence-electron chi connectivity index (χ0n) is 9.98. The summed E-state index contributed by atoms with van der Waals surface area (Å²) in [5.41, 5.74) is 7.24. The number of nitrogen functional groups attached to an aromatic ring is 1. The van der Waals surface area contributed by atoms with E-state index in [1.165, 1.54) is 0 Å². The Hall–Kier alpha value is -2.57. The summed E-state index contributed by atoms with van der Waals surface area (Å²) in [6.07, 6.45) is 0. The third-order valence-electron chi connectivity index (χ3n) is 2.41. The van der Waals surface area contributed by atoms with Gasteiger partial charge in [0, 0.05) is 0 Å². The Morgan fingerprint density at radius 2 is 2.17 bits per heavy atom. The van der Waals surface area contributed by atoms with Crippen LogP contribution in [0.4, 0.5) is 11.6 Å². The molecule has 18 heavy (non-hydrogen) atoms. The van der Waals surface area contributed by atoms with Gasteiger partial charge in [0.2, 0.25) is 11.8 Å². The highest BCUT2D eigenvalue weighted by atomic mass is 16.3. The van der Waals surface area contributed by atoms with E-state index in [1.807, 2.05) is 13.0 Å². The summed E-state index contributed by atoms with van der Waals surface area (Å²) >= 11 is 0. The Morgan fingerprint density at radius 3 is 2.78 bits per heavy atom. The number of aromatic amines is 1. The van der Waals surface area contributed by atoms with Crippen molar-refractivity contribution in [3.05, 3.63) is 29.1 Å². The maximum atomic E-state index is 11.8. The molecule has 2 rings (SSSR count). The van der Waals surface area contributed by atoms with Crippen molar-refractivity contribution in [3.8, 4) is 5.75 Å². The molecule has 1 aromatic heterocycles. The number of aryl methyl sites for hydroxylation is 2. The van der Waals surface area contributed by atoms with Crippen LogP contribution in [0.2, 0.25) is 0 Å². The van der Waals surface area contributed by atoms with E-state index in [4.69, 9.17) is 5.73 Å². The number of carbonyl (C=O) groups excluding carboxylic acids is 1. The first-order valence-electron chi connectivity index (χ1n) is 5.27. The first kappa shape index (κ1) is 11.9. The van der Waals surface area contributed by atoms with E-state index in [9.17, 15) is 9.90 Å². The Balaban J connectivity index is 2.27. The molecule has 0 atom stereocenters. The van der Waals surface area contributed by atoms with E-state index in [0.29, 0.717) is 11.3 Å². The lowest BCUT2D eigenvalue weighted by atomic mass is 10.1. The van der Waals surface area contributed by atoms with E-state index in [0.717, 1.165) is 5.56 Å². The van der Waals surface area contributed by atoms with Gasteiger partial charge in [0.25, 0.3) is 5.91 Å². The molecule has 5 N–H and O–H groups in total. The largest absolute Gasteiger partial charge is 0.505 e. The number of phenols is 1. The van der Waals surface area contributed by atoms with Crippen LogP contribution in [0.15, 0.2) is 12.1 Å². The number of nitrogens with two attached hydrogens (primary N) is 1. The summed E-state index contributed by atoms with van der Waals surface area (Å²) in [6, 6.07) is 3.48. The molecular formula is C11H13N5O2. The normalized spacial score (nSPS) is 10.3. The van der Waals surface area contributed by atoms with Crippen molar-refractivity contribution in [2.75, 3.05) is 11.1 Å². The van der Waals surface area contributed by atoms with Gasteiger partial charge in [0.1, 0.15) is 5.75 Å². The van der Waals surface area contributed by atoms with Crippen molar-refractivity contribution in [2.45, 2.75) is 13.8 Å². The molecule has 0 radical (unpaired) electrons. The van der Waals surface area contributed by atoms with E-state index >= 15 is 0 Å². The number of aromatic hydroxyl groups is 1. The fourth-order valence-electron chi connectivity index (χ4n) is 1.61. The number of hydrogen-bond donors (Lipinski definition) is 4. The molecule has 94 valence electrons. The number of anilines is 2. The lowest BCUT2D eigenvalue weighted by molar-refractivity contribution is 0.101. The van der Waals surface area contributed by atoms with Crippen molar-refractivity contribution < 1.29 is 9.90 Å². The highest BCUT2D eigenvalue weighted by molar-refractivity contribution is 6.02. The van der Waals surface area contributed by atoms with E-state index in [2.05, 4.69) is 20.5 Å². The van der Waals surface area contributed by atoms with Gasteiger partial charge in [0.15, 0.2) is 0 Å². The van der Waals surface area contributed by atoms with Crippen LogP contribution in [-0.4, -0.2) is 26.2 Å².